The van der Waals surface area contributed by atoms with E-state index < -0.39 is 6.10 Å². The minimum absolute atomic E-state index is 0.206. The summed E-state index contributed by atoms with van der Waals surface area (Å²) in [5.74, 6) is 3.00. The van der Waals surface area contributed by atoms with Gasteiger partial charge in [0, 0.05) is 37.0 Å². The number of nitrogens with zero attached hydrogens (tertiary/aromatic N) is 4. The summed E-state index contributed by atoms with van der Waals surface area (Å²) in [6.07, 6.45) is 2.21. The largest absolute Gasteiger partial charge is 0.491 e. The summed E-state index contributed by atoms with van der Waals surface area (Å²) in [4.78, 5) is 16.7. The predicted octanol–water partition coefficient (Wildman–Crippen LogP) is 2.53. The third-order valence-electron chi connectivity index (χ3n) is 6.35. The Morgan fingerprint density at radius 2 is 2.14 bits per heavy atom. The van der Waals surface area contributed by atoms with Crippen molar-refractivity contribution in [2.45, 2.75) is 38.6 Å². The SMILES string of the molecule is CNCC(O)COc1cccc(-c2nc(NC3CCOC3)c(C)c(N3Cc4cccnc4C3)n2)c1. The third kappa shape index (κ3) is 5.37. The number of aliphatic hydroxyl groups excluding tert-OH is 1. The van der Waals surface area contributed by atoms with E-state index in [4.69, 9.17) is 19.4 Å². The average Bonchev–Trinajstić information content (AvgIpc) is 3.54. The molecular formula is C26H32N6O3. The molecule has 35 heavy (non-hydrogen) atoms. The average molecular weight is 477 g/mol. The van der Waals surface area contributed by atoms with Crippen molar-refractivity contribution in [3.05, 3.63) is 59.4 Å². The zero-order valence-corrected chi connectivity index (χ0v) is 20.2. The second-order valence-corrected chi connectivity index (χ2v) is 9.06. The topological polar surface area (TPSA) is 105 Å². The summed E-state index contributed by atoms with van der Waals surface area (Å²) in [7, 11) is 1.80. The molecule has 2 aliphatic rings. The van der Waals surface area contributed by atoms with Crippen molar-refractivity contribution in [2.24, 2.45) is 0 Å². The van der Waals surface area contributed by atoms with Crippen LogP contribution in [0.5, 0.6) is 5.75 Å². The lowest BCUT2D eigenvalue weighted by molar-refractivity contribution is 0.108. The highest BCUT2D eigenvalue weighted by Crippen LogP contribution is 2.34. The van der Waals surface area contributed by atoms with Crippen LogP contribution in [0.4, 0.5) is 11.6 Å². The van der Waals surface area contributed by atoms with Gasteiger partial charge in [0.2, 0.25) is 0 Å². The van der Waals surface area contributed by atoms with Crippen LogP contribution in [0.3, 0.4) is 0 Å². The monoisotopic (exact) mass is 476 g/mol. The number of rotatable bonds is 9. The van der Waals surface area contributed by atoms with Crippen LogP contribution in [0.1, 0.15) is 23.2 Å². The van der Waals surface area contributed by atoms with Gasteiger partial charge in [0.25, 0.3) is 0 Å². The summed E-state index contributed by atoms with van der Waals surface area (Å²) in [6, 6.07) is 12.0. The van der Waals surface area contributed by atoms with Gasteiger partial charge in [-0.25, -0.2) is 9.97 Å². The molecular weight excluding hydrogens is 444 g/mol. The van der Waals surface area contributed by atoms with E-state index in [0.717, 1.165) is 48.0 Å². The van der Waals surface area contributed by atoms with Crippen LogP contribution in [-0.4, -0.2) is 65.6 Å². The number of benzene rings is 1. The Morgan fingerprint density at radius 1 is 1.23 bits per heavy atom. The molecule has 3 aromatic rings. The van der Waals surface area contributed by atoms with Gasteiger partial charge in [0.15, 0.2) is 5.82 Å². The summed E-state index contributed by atoms with van der Waals surface area (Å²) in [5.41, 5.74) is 4.17. The maximum absolute atomic E-state index is 9.99. The van der Waals surface area contributed by atoms with Crippen LogP contribution in [0, 0.1) is 6.92 Å². The van der Waals surface area contributed by atoms with Crippen molar-refractivity contribution in [3.8, 4) is 17.1 Å². The molecule has 0 amide bonds. The minimum Gasteiger partial charge on any atom is -0.491 e. The fraction of sp³-hybridized carbons (Fsp3) is 0.423. The van der Waals surface area contributed by atoms with Gasteiger partial charge in [0.05, 0.1) is 24.9 Å². The van der Waals surface area contributed by atoms with Gasteiger partial charge in [-0.1, -0.05) is 18.2 Å². The van der Waals surface area contributed by atoms with Crippen molar-refractivity contribution in [3.63, 3.8) is 0 Å². The Hall–Kier alpha value is -3.27. The highest BCUT2D eigenvalue weighted by atomic mass is 16.5. The van der Waals surface area contributed by atoms with Crippen molar-refractivity contribution < 1.29 is 14.6 Å². The number of aliphatic hydroxyl groups is 1. The maximum Gasteiger partial charge on any atom is 0.164 e. The molecule has 2 aliphatic heterocycles. The first kappa shape index (κ1) is 23.5. The first-order chi connectivity index (χ1) is 17.1. The molecule has 2 unspecified atom stereocenters. The Morgan fingerprint density at radius 3 is 2.94 bits per heavy atom. The fourth-order valence-electron chi connectivity index (χ4n) is 4.49. The van der Waals surface area contributed by atoms with E-state index in [9.17, 15) is 5.11 Å². The van der Waals surface area contributed by atoms with E-state index >= 15 is 0 Å². The number of anilines is 2. The van der Waals surface area contributed by atoms with Gasteiger partial charge in [0.1, 0.15) is 30.1 Å². The number of nitrogens with one attached hydrogen (secondary N) is 2. The Bertz CT molecular complexity index is 1140. The van der Waals surface area contributed by atoms with Crippen molar-refractivity contribution in [1.29, 1.82) is 0 Å². The number of fused-ring (bicyclic) bond motifs is 1. The number of ether oxygens (including phenoxy) is 2. The number of hydrogen-bond donors (Lipinski definition) is 3. The second kappa shape index (κ2) is 10.6. The molecule has 0 bridgehead atoms. The van der Waals surface area contributed by atoms with E-state index in [1.807, 2.05) is 36.5 Å². The number of aromatic nitrogens is 3. The molecule has 2 aromatic heterocycles. The molecule has 4 heterocycles. The zero-order chi connectivity index (χ0) is 24.2. The zero-order valence-electron chi connectivity index (χ0n) is 20.2. The number of hydrogen-bond acceptors (Lipinski definition) is 9. The lowest BCUT2D eigenvalue weighted by Crippen LogP contribution is -2.29. The summed E-state index contributed by atoms with van der Waals surface area (Å²) in [6.45, 7) is 5.65. The van der Waals surface area contributed by atoms with E-state index in [0.29, 0.717) is 31.3 Å². The molecule has 9 heteroatoms. The Balaban J connectivity index is 1.46. The van der Waals surface area contributed by atoms with E-state index in [1.54, 1.807) is 7.05 Å². The first-order valence-electron chi connectivity index (χ1n) is 12.1. The fourth-order valence-corrected chi connectivity index (χ4v) is 4.49. The quantitative estimate of drug-likeness (QED) is 0.430. The second-order valence-electron chi connectivity index (χ2n) is 9.06. The summed E-state index contributed by atoms with van der Waals surface area (Å²) < 4.78 is 11.4. The van der Waals surface area contributed by atoms with Crippen LogP contribution in [0.2, 0.25) is 0 Å². The van der Waals surface area contributed by atoms with E-state index in [2.05, 4.69) is 33.5 Å². The number of likely N-dealkylation sites (N-methyl/N-ethyl adjacent to an activating group) is 1. The summed E-state index contributed by atoms with van der Waals surface area (Å²) >= 11 is 0. The molecule has 5 rings (SSSR count). The van der Waals surface area contributed by atoms with Crippen molar-refractivity contribution in [2.75, 3.05) is 43.6 Å². The molecule has 0 spiro atoms. The van der Waals surface area contributed by atoms with Crippen LogP contribution in [-0.2, 0) is 17.8 Å². The van der Waals surface area contributed by atoms with Crippen molar-refractivity contribution in [1.82, 2.24) is 20.3 Å². The normalized spacial score (nSPS) is 17.9. The van der Waals surface area contributed by atoms with E-state index in [-0.39, 0.29) is 12.6 Å². The highest BCUT2D eigenvalue weighted by molar-refractivity contribution is 5.68. The van der Waals surface area contributed by atoms with E-state index in [1.165, 1.54) is 5.56 Å². The van der Waals surface area contributed by atoms with Gasteiger partial charge >= 0.3 is 0 Å². The molecule has 1 aromatic carbocycles. The molecule has 9 nitrogen and oxygen atoms in total. The third-order valence-corrected chi connectivity index (χ3v) is 6.35. The summed E-state index contributed by atoms with van der Waals surface area (Å²) in [5, 5.41) is 16.5. The molecule has 1 saturated heterocycles. The lowest BCUT2D eigenvalue weighted by atomic mass is 10.1. The number of pyridine rings is 1. The molecule has 1 fully saturated rings. The van der Waals surface area contributed by atoms with Crippen LogP contribution >= 0.6 is 0 Å². The van der Waals surface area contributed by atoms with Gasteiger partial charge < -0.3 is 30.1 Å². The molecule has 0 radical (unpaired) electrons. The minimum atomic E-state index is -0.583. The Labute approximate surface area is 205 Å². The first-order valence-corrected chi connectivity index (χ1v) is 12.1. The standard InChI is InChI=1S/C26H32N6O3/c1-17-24(29-20-8-10-34-15-20)30-25(18-5-3-7-22(11-18)35-16-21(33)12-27-2)31-26(17)32-13-19-6-4-9-28-23(19)14-32/h3-7,9,11,20-21,27,33H,8,10,12-16H2,1-2H3,(H,29,30,31). The van der Waals surface area contributed by atoms with Crippen LogP contribution < -0.4 is 20.3 Å². The predicted molar refractivity (Wildman–Crippen MR) is 135 cm³/mol. The maximum atomic E-state index is 9.99. The Kier molecular flexibility index (Phi) is 7.08. The van der Waals surface area contributed by atoms with Gasteiger partial charge in [-0.05, 0) is 44.2 Å². The highest BCUT2D eigenvalue weighted by Gasteiger charge is 2.26. The van der Waals surface area contributed by atoms with Gasteiger partial charge in [-0.15, -0.1) is 0 Å². The van der Waals surface area contributed by atoms with Crippen LogP contribution in [0.15, 0.2) is 42.6 Å². The van der Waals surface area contributed by atoms with Gasteiger partial charge in [-0.2, -0.15) is 0 Å². The van der Waals surface area contributed by atoms with Gasteiger partial charge in [-0.3, -0.25) is 4.98 Å². The molecule has 2 atom stereocenters. The van der Waals surface area contributed by atoms with Crippen molar-refractivity contribution >= 4 is 11.6 Å². The lowest BCUT2D eigenvalue weighted by Gasteiger charge is -2.23. The molecule has 3 N–H and O–H groups in total. The molecule has 184 valence electrons. The smallest absolute Gasteiger partial charge is 0.164 e. The van der Waals surface area contributed by atoms with Crippen LogP contribution in [0.25, 0.3) is 11.4 Å². The molecule has 0 aliphatic carbocycles. The molecule has 0 saturated carbocycles.